The molecule has 0 aliphatic carbocycles. The average molecular weight is 388 g/mol. The second-order valence-electron chi connectivity index (χ2n) is 6.35. The van der Waals surface area contributed by atoms with E-state index in [9.17, 15) is 0 Å². The number of hydrogen-bond acceptors (Lipinski definition) is 5. The molecule has 2 aromatic heterocycles. The van der Waals surface area contributed by atoms with Gasteiger partial charge in [-0.05, 0) is 48.9 Å². The first kappa shape index (κ1) is 18.3. The largest absolute Gasteiger partial charge is 0.497 e. The number of benzene rings is 2. The van der Waals surface area contributed by atoms with Gasteiger partial charge in [-0.25, -0.2) is 0 Å². The predicted molar refractivity (Wildman–Crippen MR) is 112 cm³/mol. The van der Waals surface area contributed by atoms with E-state index < -0.39 is 0 Å². The lowest BCUT2D eigenvalue weighted by atomic mass is 10.2. The summed E-state index contributed by atoms with van der Waals surface area (Å²) in [4.78, 5) is 4.11. The molecule has 0 unspecified atom stereocenters. The van der Waals surface area contributed by atoms with Gasteiger partial charge in [0.1, 0.15) is 5.75 Å². The van der Waals surface area contributed by atoms with Crippen LogP contribution in [-0.2, 0) is 5.75 Å². The van der Waals surface area contributed by atoms with Crippen molar-refractivity contribution < 1.29 is 4.74 Å². The van der Waals surface area contributed by atoms with E-state index in [0.29, 0.717) is 0 Å². The van der Waals surface area contributed by atoms with E-state index >= 15 is 0 Å². The van der Waals surface area contributed by atoms with Crippen LogP contribution in [0.4, 0.5) is 0 Å². The third-order valence-electron chi connectivity index (χ3n) is 4.39. The topological polar surface area (TPSA) is 52.8 Å². The molecule has 0 bridgehead atoms. The molecule has 0 fully saturated rings. The molecule has 0 N–H and O–H groups in total. The number of hydrogen-bond donors (Lipinski definition) is 0. The molecule has 140 valence electrons. The zero-order chi connectivity index (χ0) is 19.3. The summed E-state index contributed by atoms with van der Waals surface area (Å²) in [6, 6.07) is 20.4. The monoisotopic (exact) mass is 388 g/mol. The van der Waals surface area contributed by atoms with E-state index in [1.54, 1.807) is 31.3 Å². The van der Waals surface area contributed by atoms with E-state index in [4.69, 9.17) is 4.74 Å². The Morgan fingerprint density at radius 2 is 1.61 bits per heavy atom. The number of aryl methyl sites for hydroxylation is 1. The lowest BCUT2D eigenvalue weighted by Crippen LogP contribution is -2.00. The molecule has 4 aromatic rings. The number of methoxy groups -OCH3 is 1. The molecule has 4 rings (SSSR count). The molecule has 0 spiro atoms. The molecule has 2 aromatic carbocycles. The highest BCUT2D eigenvalue weighted by Gasteiger charge is 2.16. The van der Waals surface area contributed by atoms with Crippen LogP contribution in [-0.4, -0.2) is 26.9 Å². The van der Waals surface area contributed by atoms with Gasteiger partial charge in [0.2, 0.25) is 0 Å². The van der Waals surface area contributed by atoms with E-state index in [1.165, 1.54) is 11.1 Å². The van der Waals surface area contributed by atoms with Crippen molar-refractivity contribution in [1.29, 1.82) is 0 Å². The standard InChI is InChI=1S/C22H20N4OS/c1-16-3-7-19(8-4-16)26-21(18-11-13-23-14-12-18)24-25-22(26)28-15-17-5-9-20(27-2)10-6-17/h3-14H,15H2,1-2H3. The number of aromatic nitrogens is 4. The number of nitrogens with zero attached hydrogens (tertiary/aromatic N) is 4. The SMILES string of the molecule is COc1ccc(CSc2nnc(-c3ccncc3)n2-c2ccc(C)cc2)cc1. The van der Waals surface area contributed by atoms with Gasteiger partial charge >= 0.3 is 0 Å². The Morgan fingerprint density at radius 3 is 2.29 bits per heavy atom. The van der Waals surface area contributed by atoms with Crippen LogP contribution in [0.5, 0.6) is 5.75 Å². The fraction of sp³-hybridized carbons (Fsp3) is 0.136. The summed E-state index contributed by atoms with van der Waals surface area (Å²) in [6.45, 7) is 2.08. The molecule has 0 aliphatic rings. The van der Waals surface area contributed by atoms with Crippen LogP contribution in [0.15, 0.2) is 78.2 Å². The zero-order valence-corrected chi connectivity index (χ0v) is 16.6. The Morgan fingerprint density at radius 1 is 0.893 bits per heavy atom. The second-order valence-corrected chi connectivity index (χ2v) is 7.29. The molecule has 2 heterocycles. The van der Waals surface area contributed by atoms with Gasteiger partial charge in [-0.2, -0.15) is 0 Å². The predicted octanol–water partition coefficient (Wildman–Crippen LogP) is 4.94. The Hall–Kier alpha value is -3.12. The van der Waals surface area contributed by atoms with Crippen molar-refractivity contribution >= 4 is 11.8 Å². The van der Waals surface area contributed by atoms with Gasteiger partial charge in [0, 0.05) is 29.4 Å². The summed E-state index contributed by atoms with van der Waals surface area (Å²) in [5.41, 5.74) is 4.45. The molecular weight excluding hydrogens is 368 g/mol. The fourth-order valence-corrected chi connectivity index (χ4v) is 3.76. The highest BCUT2D eigenvalue weighted by atomic mass is 32.2. The van der Waals surface area contributed by atoms with Crippen LogP contribution < -0.4 is 4.74 Å². The summed E-state index contributed by atoms with van der Waals surface area (Å²) < 4.78 is 7.33. The lowest BCUT2D eigenvalue weighted by Gasteiger charge is -2.11. The third-order valence-corrected chi connectivity index (χ3v) is 5.39. The smallest absolute Gasteiger partial charge is 0.196 e. The maximum absolute atomic E-state index is 5.23. The molecule has 0 saturated carbocycles. The maximum Gasteiger partial charge on any atom is 0.196 e. The van der Waals surface area contributed by atoms with E-state index in [2.05, 4.69) is 63.1 Å². The van der Waals surface area contributed by atoms with Gasteiger partial charge in [-0.1, -0.05) is 41.6 Å². The van der Waals surface area contributed by atoms with Crippen molar-refractivity contribution in [3.8, 4) is 22.8 Å². The molecule has 0 aliphatic heterocycles. The van der Waals surface area contributed by atoms with Gasteiger partial charge in [0.25, 0.3) is 0 Å². The maximum atomic E-state index is 5.23. The molecule has 6 heteroatoms. The molecule has 0 atom stereocenters. The number of ether oxygens (including phenoxy) is 1. The van der Waals surface area contributed by atoms with Crippen molar-refractivity contribution in [2.45, 2.75) is 17.8 Å². The molecule has 5 nitrogen and oxygen atoms in total. The molecule has 0 saturated heterocycles. The van der Waals surface area contributed by atoms with Gasteiger partial charge < -0.3 is 4.74 Å². The first-order valence-electron chi connectivity index (χ1n) is 8.93. The fourth-order valence-electron chi connectivity index (χ4n) is 2.85. The Bertz CT molecular complexity index is 1040. The average Bonchev–Trinajstić information content (AvgIpc) is 3.18. The van der Waals surface area contributed by atoms with Crippen molar-refractivity contribution in [3.63, 3.8) is 0 Å². The minimum atomic E-state index is 0.796. The van der Waals surface area contributed by atoms with Crippen LogP contribution in [0.1, 0.15) is 11.1 Å². The minimum Gasteiger partial charge on any atom is -0.497 e. The van der Waals surface area contributed by atoms with Crippen molar-refractivity contribution in [2.24, 2.45) is 0 Å². The van der Waals surface area contributed by atoms with E-state index in [0.717, 1.165) is 33.7 Å². The first-order chi connectivity index (χ1) is 13.7. The van der Waals surface area contributed by atoms with E-state index in [-0.39, 0.29) is 0 Å². The quantitative estimate of drug-likeness (QED) is 0.438. The summed E-state index contributed by atoms with van der Waals surface area (Å²) in [5.74, 6) is 2.46. The van der Waals surface area contributed by atoms with Crippen molar-refractivity contribution in [2.75, 3.05) is 7.11 Å². The Kier molecular flexibility index (Phi) is 5.39. The summed E-state index contributed by atoms with van der Waals surface area (Å²) in [5, 5.41) is 9.79. The van der Waals surface area contributed by atoms with Crippen molar-refractivity contribution in [3.05, 3.63) is 84.2 Å². The molecular formula is C22H20N4OS. The normalized spacial score (nSPS) is 10.8. The highest BCUT2D eigenvalue weighted by Crippen LogP contribution is 2.30. The van der Waals surface area contributed by atoms with Gasteiger partial charge in [0.05, 0.1) is 7.11 Å². The Balaban J connectivity index is 1.68. The van der Waals surface area contributed by atoms with E-state index in [1.807, 2.05) is 24.3 Å². The summed E-state index contributed by atoms with van der Waals surface area (Å²) in [6.07, 6.45) is 3.54. The van der Waals surface area contributed by atoms with Crippen LogP contribution in [0.3, 0.4) is 0 Å². The summed E-state index contributed by atoms with van der Waals surface area (Å²) >= 11 is 1.66. The first-order valence-corrected chi connectivity index (χ1v) is 9.92. The Labute approximate surface area is 168 Å². The highest BCUT2D eigenvalue weighted by molar-refractivity contribution is 7.98. The lowest BCUT2D eigenvalue weighted by molar-refractivity contribution is 0.414. The summed E-state index contributed by atoms with van der Waals surface area (Å²) in [7, 11) is 1.68. The van der Waals surface area contributed by atoms with Crippen molar-refractivity contribution in [1.82, 2.24) is 19.7 Å². The van der Waals surface area contributed by atoms with Crippen LogP contribution in [0.2, 0.25) is 0 Å². The molecule has 28 heavy (non-hydrogen) atoms. The van der Waals surface area contributed by atoms with Crippen LogP contribution in [0, 0.1) is 6.92 Å². The van der Waals surface area contributed by atoms with Crippen LogP contribution in [0.25, 0.3) is 17.1 Å². The second kappa shape index (κ2) is 8.27. The van der Waals surface area contributed by atoms with Crippen LogP contribution >= 0.6 is 11.8 Å². The zero-order valence-electron chi connectivity index (χ0n) is 15.7. The van der Waals surface area contributed by atoms with Gasteiger partial charge in [-0.15, -0.1) is 10.2 Å². The number of thioether (sulfide) groups is 1. The van der Waals surface area contributed by atoms with Gasteiger partial charge in [0.15, 0.2) is 11.0 Å². The third kappa shape index (κ3) is 3.92. The number of rotatable bonds is 6. The molecule has 0 amide bonds. The minimum absolute atomic E-state index is 0.796. The van der Waals surface area contributed by atoms with Gasteiger partial charge in [-0.3, -0.25) is 9.55 Å². The molecule has 0 radical (unpaired) electrons. The number of pyridine rings is 1.